The topological polar surface area (TPSA) is 52.9 Å². The first kappa shape index (κ1) is 10.4. The highest BCUT2D eigenvalue weighted by atomic mass is 16.5. The molecule has 2 rings (SSSR count). The van der Waals surface area contributed by atoms with Crippen LogP contribution in [0.25, 0.3) is 0 Å². The Kier molecular flexibility index (Phi) is 2.72. The summed E-state index contributed by atoms with van der Waals surface area (Å²) in [5.74, 6) is 0.368. The number of aromatic hydroxyl groups is 2. The summed E-state index contributed by atoms with van der Waals surface area (Å²) in [7, 11) is 1.46. The summed E-state index contributed by atoms with van der Waals surface area (Å²) in [6.07, 6.45) is 7.54. The Morgan fingerprint density at radius 2 is 1.94 bits per heavy atom. The van der Waals surface area contributed by atoms with E-state index in [0.29, 0.717) is 12.2 Å². The van der Waals surface area contributed by atoms with Crippen LogP contribution in [0.3, 0.4) is 0 Å². The molecule has 1 aliphatic rings. The average molecular weight is 219 g/mol. The number of rotatable bonds is 2. The Hall–Kier alpha value is -2.10. The van der Waals surface area contributed by atoms with Crippen molar-refractivity contribution in [2.45, 2.75) is 0 Å². The molecule has 4 nitrogen and oxygen atoms in total. The molecule has 0 aromatic heterocycles. The zero-order chi connectivity index (χ0) is 11.5. The van der Waals surface area contributed by atoms with E-state index >= 15 is 0 Å². The van der Waals surface area contributed by atoms with Gasteiger partial charge in [-0.05, 0) is 18.2 Å². The number of nitrogens with zero attached hydrogens (tertiary/aromatic N) is 1. The highest BCUT2D eigenvalue weighted by Crippen LogP contribution is 2.43. The van der Waals surface area contributed by atoms with Gasteiger partial charge in [0, 0.05) is 12.7 Å². The number of methoxy groups -OCH3 is 1. The van der Waals surface area contributed by atoms with Crippen molar-refractivity contribution in [3.8, 4) is 17.2 Å². The zero-order valence-electron chi connectivity index (χ0n) is 8.92. The summed E-state index contributed by atoms with van der Waals surface area (Å²) in [6.45, 7) is 0.629. The molecule has 16 heavy (non-hydrogen) atoms. The predicted octanol–water partition coefficient (Wildman–Crippen LogP) is 2.00. The van der Waals surface area contributed by atoms with Crippen molar-refractivity contribution < 1.29 is 14.9 Å². The van der Waals surface area contributed by atoms with Gasteiger partial charge in [0.1, 0.15) is 11.4 Å². The molecular weight excluding hydrogens is 206 g/mol. The Labute approximate surface area is 93.7 Å². The molecule has 0 spiro atoms. The Balaban J connectivity index is 2.49. The van der Waals surface area contributed by atoms with Gasteiger partial charge in [-0.25, -0.2) is 0 Å². The molecule has 84 valence electrons. The van der Waals surface area contributed by atoms with E-state index in [-0.39, 0.29) is 17.2 Å². The minimum Gasteiger partial charge on any atom is -0.506 e. The van der Waals surface area contributed by atoms with Crippen LogP contribution in [0.4, 0.5) is 5.69 Å². The number of phenolic OH excluding ortho intramolecular Hbond substituents is 2. The maximum Gasteiger partial charge on any atom is 0.188 e. The van der Waals surface area contributed by atoms with E-state index < -0.39 is 0 Å². The third-order valence-electron chi connectivity index (χ3n) is 2.40. The van der Waals surface area contributed by atoms with Gasteiger partial charge in [-0.15, -0.1) is 0 Å². The number of hydrogen-bond donors (Lipinski definition) is 2. The molecular formula is C12H13NO3. The van der Waals surface area contributed by atoms with Gasteiger partial charge < -0.3 is 19.8 Å². The standard InChI is InChI=1S/C12H13NO3/c1-16-12-10(15)6-5-9(14)11(12)13-7-3-2-4-8-13/h2-7,14-15H,8H2,1H3. The van der Waals surface area contributed by atoms with Crippen LogP contribution in [0.2, 0.25) is 0 Å². The van der Waals surface area contributed by atoms with Crippen LogP contribution in [-0.2, 0) is 0 Å². The van der Waals surface area contributed by atoms with Gasteiger partial charge in [0.05, 0.1) is 7.11 Å². The monoisotopic (exact) mass is 219 g/mol. The lowest BCUT2D eigenvalue weighted by atomic mass is 10.2. The van der Waals surface area contributed by atoms with Crippen molar-refractivity contribution in [3.05, 3.63) is 36.6 Å². The van der Waals surface area contributed by atoms with Crippen molar-refractivity contribution in [3.63, 3.8) is 0 Å². The molecule has 0 amide bonds. The Morgan fingerprint density at radius 1 is 1.19 bits per heavy atom. The van der Waals surface area contributed by atoms with Gasteiger partial charge in [-0.2, -0.15) is 0 Å². The molecule has 1 aromatic rings. The lowest BCUT2D eigenvalue weighted by Gasteiger charge is -2.24. The molecule has 0 bridgehead atoms. The highest BCUT2D eigenvalue weighted by Gasteiger charge is 2.18. The highest BCUT2D eigenvalue weighted by molar-refractivity contribution is 5.73. The van der Waals surface area contributed by atoms with Crippen molar-refractivity contribution in [2.24, 2.45) is 0 Å². The Bertz CT molecular complexity index is 452. The van der Waals surface area contributed by atoms with Crippen molar-refractivity contribution in [1.82, 2.24) is 0 Å². The smallest absolute Gasteiger partial charge is 0.188 e. The molecule has 0 radical (unpaired) electrons. The van der Waals surface area contributed by atoms with Gasteiger partial charge >= 0.3 is 0 Å². The first-order chi connectivity index (χ1) is 7.74. The molecule has 4 heteroatoms. The van der Waals surface area contributed by atoms with Gasteiger partial charge in [0.2, 0.25) is 0 Å². The number of hydrogen-bond acceptors (Lipinski definition) is 4. The molecule has 0 atom stereocenters. The third-order valence-corrected chi connectivity index (χ3v) is 2.40. The molecule has 0 saturated heterocycles. The van der Waals surface area contributed by atoms with Crippen LogP contribution in [0.5, 0.6) is 17.2 Å². The largest absolute Gasteiger partial charge is 0.506 e. The van der Waals surface area contributed by atoms with Crippen molar-refractivity contribution in [1.29, 1.82) is 0 Å². The van der Waals surface area contributed by atoms with E-state index in [1.165, 1.54) is 19.2 Å². The maximum atomic E-state index is 9.81. The molecule has 1 aliphatic heterocycles. The quantitative estimate of drug-likeness (QED) is 0.747. The van der Waals surface area contributed by atoms with Gasteiger partial charge in [0.25, 0.3) is 0 Å². The molecule has 2 N–H and O–H groups in total. The number of phenols is 2. The number of anilines is 1. The molecule has 1 aromatic carbocycles. The lowest BCUT2D eigenvalue weighted by molar-refractivity contribution is 0.369. The molecule has 0 unspecified atom stereocenters. The second-order valence-electron chi connectivity index (χ2n) is 3.41. The molecule has 0 aliphatic carbocycles. The van der Waals surface area contributed by atoms with E-state index in [2.05, 4.69) is 0 Å². The molecule has 0 fully saturated rings. The van der Waals surface area contributed by atoms with Crippen LogP contribution < -0.4 is 9.64 Å². The van der Waals surface area contributed by atoms with Crippen LogP contribution >= 0.6 is 0 Å². The minimum absolute atomic E-state index is 0.0123. The second-order valence-corrected chi connectivity index (χ2v) is 3.41. The lowest BCUT2D eigenvalue weighted by Crippen LogP contribution is -2.18. The van der Waals surface area contributed by atoms with Crippen LogP contribution in [0, 0.1) is 0 Å². The third kappa shape index (κ3) is 1.69. The Morgan fingerprint density at radius 3 is 2.56 bits per heavy atom. The normalized spacial score (nSPS) is 14.2. The summed E-state index contributed by atoms with van der Waals surface area (Å²) < 4.78 is 5.10. The SMILES string of the molecule is COc1c(O)ccc(O)c1N1C=CC=CC1. The van der Waals surface area contributed by atoms with Gasteiger partial charge in [-0.1, -0.05) is 12.2 Å². The first-order valence-electron chi connectivity index (χ1n) is 4.93. The van der Waals surface area contributed by atoms with Crippen molar-refractivity contribution >= 4 is 5.69 Å². The maximum absolute atomic E-state index is 9.81. The summed E-state index contributed by atoms with van der Waals surface area (Å²) in [6, 6.07) is 2.85. The molecule has 0 saturated carbocycles. The fraction of sp³-hybridized carbons (Fsp3) is 0.167. The first-order valence-corrected chi connectivity index (χ1v) is 4.93. The van der Waals surface area contributed by atoms with Crippen LogP contribution in [0.15, 0.2) is 36.6 Å². The van der Waals surface area contributed by atoms with E-state index in [1.807, 2.05) is 24.4 Å². The minimum atomic E-state index is 0.0123. The number of ether oxygens (including phenoxy) is 1. The molecule has 1 heterocycles. The zero-order valence-corrected chi connectivity index (χ0v) is 8.92. The van der Waals surface area contributed by atoms with E-state index in [9.17, 15) is 10.2 Å². The second kappa shape index (κ2) is 4.18. The van der Waals surface area contributed by atoms with E-state index in [4.69, 9.17) is 4.74 Å². The van der Waals surface area contributed by atoms with E-state index in [1.54, 1.807) is 4.90 Å². The number of allylic oxidation sites excluding steroid dienone is 2. The fourth-order valence-electron chi connectivity index (χ4n) is 1.66. The van der Waals surface area contributed by atoms with Crippen LogP contribution in [-0.4, -0.2) is 23.9 Å². The summed E-state index contributed by atoms with van der Waals surface area (Å²) in [5.41, 5.74) is 0.475. The summed E-state index contributed by atoms with van der Waals surface area (Å²) in [5, 5.41) is 19.4. The average Bonchev–Trinajstić information content (AvgIpc) is 2.33. The van der Waals surface area contributed by atoms with Gasteiger partial charge in [-0.3, -0.25) is 0 Å². The summed E-state index contributed by atoms with van der Waals surface area (Å²) >= 11 is 0. The van der Waals surface area contributed by atoms with E-state index in [0.717, 1.165) is 0 Å². The van der Waals surface area contributed by atoms with Crippen LogP contribution in [0.1, 0.15) is 0 Å². The predicted molar refractivity (Wildman–Crippen MR) is 61.9 cm³/mol. The fourth-order valence-corrected chi connectivity index (χ4v) is 1.66. The number of benzene rings is 1. The van der Waals surface area contributed by atoms with Gasteiger partial charge in [0.15, 0.2) is 11.5 Å². The summed E-state index contributed by atoms with van der Waals surface area (Å²) in [4.78, 5) is 1.80. The van der Waals surface area contributed by atoms with Crippen molar-refractivity contribution in [2.75, 3.05) is 18.6 Å².